The van der Waals surface area contributed by atoms with Crippen molar-refractivity contribution >= 4 is 34.1 Å². The summed E-state index contributed by atoms with van der Waals surface area (Å²) in [5, 5.41) is 13.1. The normalized spacial score (nSPS) is 10.9. The standard InChI is InChI=1S/C18H13N3O3S/c22-16(19-14-8-3-6-12-5-1-2-7-13(12)14)11-25-18-21-20-17(24-18)15-9-4-10-23-15/h1-10H,11H2,(H,19,22). The topological polar surface area (TPSA) is 81.2 Å². The number of nitrogens with one attached hydrogen (secondary N) is 1. The molecule has 0 atom stereocenters. The summed E-state index contributed by atoms with van der Waals surface area (Å²) < 4.78 is 10.7. The molecule has 0 unspecified atom stereocenters. The average molecular weight is 351 g/mol. The largest absolute Gasteiger partial charge is 0.459 e. The van der Waals surface area contributed by atoms with Gasteiger partial charge >= 0.3 is 0 Å². The summed E-state index contributed by atoms with van der Waals surface area (Å²) in [7, 11) is 0. The molecule has 124 valence electrons. The first-order valence-electron chi connectivity index (χ1n) is 7.57. The third-order valence-electron chi connectivity index (χ3n) is 3.53. The number of hydrogen-bond donors (Lipinski definition) is 1. The van der Waals surface area contributed by atoms with Crippen LogP contribution in [0.15, 0.2) is 74.9 Å². The number of benzene rings is 2. The molecular formula is C18H13N3O3S. The number of hydrogen-bond acceptors (Lipinski definition) is 6. The number of furan rings is 1. The van der Waals surface area contributed by atoms with Crippen molar-refractivity contribution in [2.24, 2.45) is 0 Å². The fourth-order valence-corrected chi connectivity index (χ4v) is 2.98. The third-order valence-corrected chi connectivity index (χ3v) is 4.35. The minimum Gasteiger partial charge on any atom is -0.459 e. The molecule has 0 aliphatic carbocycles. The van der Waals surface area contributed by atoms with Gasteiger partial charge in [-0.05, 0) is 23.6 Å². The molecule has 0 fully saturated rings. The van der Waals surface area contributed by atoms with Crippen LogP contribution in [0.25, 0.3) is 22.4 Å². The molecule has 1 N–H and O–H groups in total. The summed E-state index contributed by atoms with van der Waals surface area (Å²) >= 11 is 1.18. The first-order valence-corrected chi connectivity index (χ1v) is 8.56. The van der Waals surface area contributed by atoms with Gasteiger partial charge in [-0.15, -0.1) is 10.2 Å². The van der Waals surface area contributed by atoms with Crippen LogP contribution < -0.4 is 5.32 Å². The van der Waals surface area contributed by atoms with Crippen molar-refractivity contribution in [2.75, 3.05) is 11.1 Å². The van der Waals surface area contributed by atoms with Crippen LogP contribution in [0, 0.1) is 0 Å². The molecule has 1 amide bonds. The molecule has 0 aliphatic heterocycles. The van der Waals surface area contributed by atoms with Crippen LogP contribution >= 0.6 is 11.8 Å². The lowest BCUT2D eigenvalue weighted by atomic mass is 10.1. The highest BCUT2D eigenvalue weighted by Gasteiger charge is 2.13. The van der Waals surface area contributed by atoms with E-state index in [4.69, 9.17) is 8.83 Å². The zero-order valence-electron chi connectivity index (χ0n) is 13.0. The fraction of sp³-hybridized carbons (Fsp3) is 0.0556. The number of carbonyl (C=O) groups is 1. The molecule has 2 heterocycles. The Kier molecular flexibility index (Phi) is 4.22. The monoisotopic (exact) mass is 351 g/mol. The van der Waals surface area contributed by atoms with Gasteiger partial charge in [0.15, 0.2) is 5.76 Å². The van der Waals surface area contributed by atoms with E-state index >= 15 is 0 Å². The smallest absolute Gasteiger partial charge is 0.284 e. The van der Waals surface area contributed by atoms with Crippen molar-refractivity contribution in [1.82, 2.24) is 10.2 Å². The van der Waals surface area contributed by atoms with Crippen molar-refractivity contribution in [3.63, 3.8) is 0 Å². The van der Waals surface area contributed by atoms with Gasteiger partial charge in [-0.3, -0.25) is 4.79 Å². The highest BCUT2D eigenvalue weighted by atomic mass is 32.2. The third kappa shape index (κ3) is 3.41. The predicted molar refractivity (Wildman–Crippen MR) is 95.3 cm³/mol. The first kappa shape index (κ1) is 15.5. The zero-order valence-corrected chi connectivity index (χ0v) is 13.8. The lowest BCUT2D eigenvalue weighted by Gasteiger charge is -2.07. The number of amides is 1. The Balaban J connectivity index is 1.41. The Bertz CT molecular complexity index is 1010. The molecule has 0 radical (unpaired) electrons. The van der Waals surface area contributed by atoms with Gasteiger partial charge in [0.05, 0.1) is 12.0 Å². The number of carbonyl (C=O) groups excluding carboxylic acids is 1. The lowest BCUT2D eigenvalue weighted by molar-refractivity contribution is -0.113. The van der Waals surface area contributed by atoms with E-state index in [-0.39, 0.29) is 11.7 Å². The van der Waals surface area contributed by atoms with Gasteiger partial charge in [0, 0.05) is 11.1 Å². The highest BCUT2D eigenvalue weighted by Crippen LogP contribution is 2.25. The zero-order chi connectivity index (χ0) is 17.1. The average Bonchev–Trinajstić information content (AvgIpc) is 3.32. The molecule has 0 aliphatic rings. The van der Waals surface area contributed by atoms with Crippen LogP contribution in [0.5, 0.6) is 0 Å². The van der Waals surface area contributed by atoms with Gasteiger partial charge in [-0.1, -0.05) is 48.2 Å². The Morgan fingerprint density at radius 2 is 1.92 bits per heavy atom. The number of anilines is 1. The number of thioether (sulfide) groups is 1. The molecule has 0 saturated carbocycles. The number of aromatic nitrogens is 2. The number of nitrogens with zero attached hydrogens (tertiary/aromatic N) is 2. The molecule has 0 saturated heterocycles. The van der Waals surface area contributed by atoms with Crippen LogP contribution in [0.4, 0.5) is 5.69 Å². The van der Waals surface area contributed by atoms with E-state index < -0.39 is 0 Å². The summed E-state index contributed by atoms with van der Waals surface area (Å²) in [6.07, 6.45) is 1.53. The second kappa shape index (κ2) is 6.82. The molecule has 0 bridgehead atoms. The molecule has 2 aromatic heterocycles. The maximum absolute atomic E-state index is 12.2. The van der Waals surface area contributed by atoms with Gasteiger partial charge in [0.2, 0.25) is 5.91 Å². The van der Waals surface area contributed by atoms with Crippen LogP contribution in [0.3, 0.4) is 0 Å². The van der Waals surface area contributed by atoms with Crippen molar-refractivity contribution in [3.8, 4) is 11.7 Å². The maximum atomic E-state index is 12.2. The van der Waals surface area contributed by atoms with Gasteiger partial charge in [0.1, 0.15) is 0 Å². The SMILES string of the molecule is O=C(CSc1nnc(-c2ccco2)o1)Nc1cccc2ccccc12. The Hall–Kier alpha value is -3.06. The molecule has 4 aromatic rings. The lowest BCUT2D eigenvalue weighted by Crippen LogP contribution is -2.14. The van der Waals surface area contributed by atoms with Crippen molar-refractivity contribution in [3.05, 3.63) is 60.9 Å². The van der Waals surface area contributed by atoms with Crippen molar-refractivity contribution in [2.45, 2.75) is 5.22 Å². The molecule has 7 heteroatoms. The Morgan fingerprint density at radius 1 is 1.04 bits per heavy atom. The van der Waals surface area contributed by atoms with Crippen LogP contribution in [0.1, 0.15) is 0 Å². The number of rotatable bonds is 5. The molecule has 4 rings (SSSR count). The van der Waals surface area contributed by atoms with Crippen molar-refractivity contribution in [1.29, 1.82) is 0 Å². The van der Waals surface area contributed by atoms with Crippen molar-refractivity contribution < 1.29 is 13.6 Å². The first-order chi connectivity index (χ1) is 12.3. The predicted octanol–water partition coefficient (Wildman–Crippen LogP) is 4.21. The Labute approximate surface area is 147 Å². The van der Waals surface area contributed by atoms with E-state index in [1.54, 1.807) is 12.1 Å². The highest BCUT2D eigenvalue weighted by molar-refractivity contribution is 7.99. The minimum absolute atomic E-state index is 0.140. The summed E-state index contributed by atoms with van der Waals surface area (Å²) in [5.41, 5.74) is 0.783. The molecule has 2 aromatic carbocycles. The summed E-state index contributed by atoms with van der Waals surface area (Å²) in [4.78, 5) is 12.2. The quantitative estimate of drug-likeness (QED) is 0.542. The van der Waals surface area contributed by atoms with E-state index in [0.29, 0.717) is 16.9 Å². The fourth-order valence-electron chi connectivity index (χ4n) is 2.42. The van der Waals surface area contributed by atoms with E-state index in [9.17, 15) is 4.79 Å². The van der Waals surface area contributed by atoms with E-state index in [1.807, 2.05) is 42.5 Å². The van der Waals surface area contributed by atoms with E-state index in [1.165, 1.54) is 18.0 Å². The van der Waals surface area contributed by atoms with E-state index in [2.05, 4.69) is 15.5 Å². The van der Waals surface area contributed by atoms with Gasteiger partial charge < -0.3 is 14.2 Å². The van der Waals surface area contributed by atoms with Gasteiger partial charge in [-0.25, -0.2) is 0 Å². The number of fused-ring (bicyclic) bond motifs is 1. The Morgan fingerprint density at radius 3 is 2.80 bits per heavy atom. The summed E-state index contributed by atoms with van der Waals surface area (Å²) in [6, 6.07) is 17.2. The van der Waals surface area contributed by atoms with Gasteiger partial charge in [0.25, 0.3) is 11.1 Å². The molecule has 0 spiro atoms. The van der Waals surface area contributed by atoms with Crippen LogP contribution in [0.2, 0.25) is 0 Å². The van der Waals surface area contributed by atoms with E-state index in [0.717, 1.165) is 16.5 Å². The minimum atomic E-state index is -0.140. The molecular weight excluding hydrogens is 338 g/mol. The van der Waals surface area contributed by atoms with Crippen LogP contribution in [-0.2, 0) is 4.79 Å². The second-order valence-corrected chi connectivity index (χ2v) is 6.14. The van der Waals surface area contributed by atoms with Crippen LogP contribution in [-0.4, -0.2) is 21.9 Å². The summed E-state index contributed by atoms with van der Waals surface area (Å²) in [6.45, 7) is 0. The summed E-state index contributed by atoms with van der Waals surface area (Å²) in [5.74, 6) is 0.823. The second-order valence-electron chi connectivity index (χ2n) is 5.21. The maximum Gasteiger partial charge on any atom is 0.284 e. The van der Waals surface area contributed by atoms with Gasteiger partial charge in [-0.2, -0.15) is 0 Å². The molecule has 6 nitrogen and oxygen atoms in total. The molecule has 25 heavy (non-hydrogen) atoms.